The Morgan fingerprint density at radius 3 is 3.17 bits per heavy atom. The molecule has 0 aromatic carbocycles. The topological polar surface area (TPSA) is 65.5 Å². The molecular formula is C12H19N3O2S. The molecule has 2 N–H and O–H groups in total. The highest BCUT2D eigenvalue weighted by Gasteiger charge is 2.22. The molecule has 0 aliphatic carbocycles. The summed E-state index contributed by atoms with van der Waals surface area (Å²) in [5.74, 6) is -0.0506. The Hall–Kier alpha value is -0.980. The van der Waals surface area contributed by atoms with Crippen LogP contribution in [0.1, 0.15) is 25.7 Å². The zero-order valence-electron chi connectivity index (χ0n) is 10.3. The zero-order chi connectivity index (χ0) is 12.8. The normalized spacial score (nSPS) is 21.5. The number of nitrogens with zero attached hydrogens (tertiary/aromatic N) is 2. The van der Waals surface area contributed by atoms with E-state index in [0.717, 1.165) is 25.8 Å². The largest absolute Gasteiger partial charge is 0.395 e. The smallest absolute Gasteiger partial charge is 0.240 e. The van der Waals surface area contributed by atoms with Gasteiger partial charge in [-0.05, 0) is 19.4 Å². The van der Waals surface area contributed by atoms with Crippen LogP contribution in [0.2, 0.25) is 0 Å². The molecule has 1 aromatic rings. The summed E-state index contributed by atoms with van der Waals surface area (Å²) in [6.07, 6.45) is 6.06. The van der Waals surface area contributed by atoms with Crippen LogP contribution in [0.5, 0.6) is 0 Å². The number of hydrogen-bond donors (Lipinski definition) is 2. The predicted octanol–water partition coefficient (Wildman–Crippen LogP) is 1.32. The molecule has 1 aliphatic heterocycles. The van der Waals surface area contributed by atoms with Crippen molar-refractivity contribution >= 4 is 22.4 Å². The van der Waals surface area contributed by atoms with E-state index >= 15 is 0 Å². The van der Waals surface area contributed by atoms with E-state index in [1.165, 1.54) is 17.8 Å². The molecule has 1 atom stereocenters. The number of aromatic nitrogens is 1. The molecule has 0 bridgehead atoms. The molecule has 1 aliphatic rings. The van der Waals surface area contributed by atoms with Gasteiger partial charge in [0.25, 0.3) is 0 Å². The number of carbonyl (C=O) groups excluding carboxylic acids is 1. The van der Waals surface area contributed by atoms with E-state index < -0.39 is 0 Å². The second-order valence-electron chi connectivity index (χ2n) is 4.54. The highest BCUT2D eigenvalue weighted by atomic mass is 32.1. The number of nitrogens with one attached hydrogen (secondary N) is 1. The molecular weight excluding hydrogens is 250 g/mol. The van der Waals surface area contributed by atoms with Crippen LogP contribution in [0.4, 0.5) is 5.13 Å². The van der Waals surface area contributed by atoms with Gasteiger partial charge in [0, 0.05) is 17.6 Å². The summed E-state index contributed by atoms with van der Waals surface area (Å²) in [6.45, 7) is 1.35. The predicted molar refractivity (Wildman–Crippen MR) is 71.7 cm³/mol. The molecule has 0 saturated carbocycles. The van der Waals surface area contributed by atoms with Gasteiger partial charge in [-0.15, -0.1) is 11.3 Å². The van der Waals surface area contributed by atoms with Crippen molar-refractivity contribution in [1.82, 2.24) is 9.88 Å². The van der Waals surface area contributed by atoms with Gasteiger partial charge in [-0.1, -0.05) is 12.8 Å². The Morgan fingerprint density at radius 1 is 1.56 bits per heavy atom. The molecule has 1 unspecified atom stereocenters. The summed E-state index contributed by atoms with van der Waals surface area (Å²) in [5.41, 5.74) is 0. The van der Waals surface area contributed by atoms with Gasteiger partial charge in [0.1, 0.15) is 0 Å². The monoisotopic (exact) mass is 269 g/mol. The van der Waals surface area contributed by atoms with Crippen molar-refractivity contribution < 1.29 is 9.90 Å². The molecule has 5 nitrogen and oxygen atoms in total. The summed E-state index contributed by atoms with van der Waals surface area (Å²) in [7, 11) is 0. The lowest BCUT2D eigenvalue weighted by molar-refractivity contribution is -0.118. The van der Waals surface area contributed by atoms with Crippen molar-refractivity contribution in [2.45, 2.75) is 31.7 Å². The number of carbonyl (C=O) groups is 1. The van der Waals surface area contributed by atoms with Gasteiger partial charge in [0.15, 0.2) is 5.13 Å². The molecule has 0 spiro atoms. The number of likely N-dealkylation sites (tertiary alicyclic amines) is 1. The summed E-state index contributed by atoms with van der Waals surface area (Å²) in [6, 6.07) is 0.120. The minimum atomic E-state index is -0.0506. The Bertz CT molecular complexity index is 369. The summed E-state index contributed by atoms with van der Waals surface area (Å²) < 4.78 is 0. The third-order valence-electron chi connectivity index (χ3n) is 3.24. The van der Waals surface area contributed by atoms with E-state index in [9.17, 15) is 9.90 Å². The first-order chi connectivity index (χ1) is 8.79. The lowest BCUT2D eigenvalue weighted by Crippen LogP contribution is -2.42. The average molecular weight is 269 g/mol. The first-order valence-corrected chi connectivity index (χ1v) is 7.22. The van der Waals surface area contributed by atoms with Gasteiger partial charge in [0.2, 0.25) is 5.91 Å². The lowest BCUT2D eigenvalue weighted by Gasteiger charge is -2.27. The van der Waals surface area contributed by atoms with Gasteiger partial charge < -0.3 is 10.4 Å². The summed E-state index contributed by atoms with van der Waals surface area (Å²) in [5, 5.41) is 14.6. The van der Waals surface area contributed by atoms with Crippen LogP contribution in [-0.4, -0.2) is 46.6 Å². The standard InChI is InChI=1S/C12H19N3O2S/c16-9-10-4-2-1-3-6-15(10)8-11(17)14-12-13-5-7-18-12/h5,7,10,16H,1-4,6,8-9H2,(H,13,14,17). The lowest BCUT2D eigenvalue weighted by atomic mass is 10.1. The Morgan fingerprint density at radius 2 is 2.44 bits per heavy atom. The van der Waals surface area contributed by atoms with Crippen molar-refractivity contribution in [3.05, 3.63) is 11.6 Å². The Kier molecular flexibility index (Phi) is 5.10. The molecule has 0 radical (unpaired) electrons. The van der Waals surface area contributed by atoms with Crippen molar-refractivity contribution in [1.29, 1.82) is 0 Å². The number of hydrogen-bond acceptors (Lipinski definition) is 5. The van der Waals surface area contributed by atoms with E-state index in [-0.39, 0.29) is 18.6 Å². The van der Waals surface area contributed by atoms with Crippen LogP contribution in [0.3, 0.4) is 0 Å². The number of aliphatic hydroxyl groups is 1. The first-order valence-electron chi connectivity index (χ1n) is 6.34. The molecule has 2 heterocycles. The Labute approximate surface area is 111 Å². The van der Waals surface area contributed by atoms with Crippen molar-refractivity contribution in [3.63, 3.8) is 0 Å². The maximum Gasteiger partial charge on any atom is 0.240 e. The molecule has 1 saturated heterocycles. The third kappa shape index (κ3) is 3.76. The fraction of sp³-hybridized carbons (Fsp3) is 0.667. The number of anilines is 1. The van der Waals surface area contributed by atoms with Gasteiger partial charge in [-0.3, -0.25) is 9.69 Å². The second-order valence-corrected chi connectivity index (χ2v) is 5.44. The van der Waals surface area contributed by atoms with Crippen LogP contribution in [0.25, 0.3) is 0 Å². The fourth-order valence-corrected chi connectivity index (χ4v) is 2.83. The number of thiazole rings is 1. The van der Waals surface area contributed by atoms with E-state index in [4.69, 9.17) is 0 Å². The quantitative estimate of drug-likeness (QED) is 0.865. The van der Waals surface area contributed by atoms with Crippen LogP contribution in [0.15, 0.2) is 11.6 Å². The maximum atomic E-state index is 11.9. The van der Waals surface area contributed by atoms with E-state index in [0.29, 0.717) is 11.7 Å². The van der Waals surface area contributed by atoms with Crippen LogP contribution >= 0.6 is 11.3 Å². The third-order valence-corrected chi connectivity index (χ3v) is 3.92. The minimum Gasteiger partial charge on any atom is -0.395 e. The van der Waals surface area contributed by atoms with E-state index in [1.54, 1.807) is 6.20 Å². The molecule has 2 rings (SSSR count). The average Bonchev–Trinajstić information content (AvgIpc) is 2.75. The highest BCUT2D eigenvalue weighted by Crippen LogP contribution is 2.16. The van der Waals surface area contributed by atoms with E-state index in [2.05, 4.69) is 15.2 Å². The van der Waals surface area contributed by atoms with E-state index in [1.807, 2.05) is 5.38 Å². The second kappa shape index (κ2) is 6.82. The summed E-state index contributed by atoms with van der Waals surface area (Å²) in [4.78, 5) is 18.0. The van der Waals surface area contributed by atoms with Crippen LogP contribution < -0.4 is 5.32 Å². The minimum absolute atomic E-state index is 0.0506. The summed E-state index contributed by atoms with van der Waals surface area (Å²) >= 11 is 1.41. The molecule has 100 valence electrons. The first kappa shape index (κ1) is 13.5. The van der Waals surface area contributed by atoms with Gasteiger partial charge in [-0.25, -0.2) is 4.98 Å². The zero-order valence-corrected chi connectivity index (χ0v) is 11.2. The Balaban J connectivity index is 1.87. The van der Waals surface area contributed by atoms with Crippen LogP contribution in [0, 0.1) is 0 Å². The fourth-order valence-electron chi connectivity index (χ4n) is 2.28. The number of rotatable bonds is 4. The van der Waals surface area contributed by atoms with Crippen molar-refractivity contribution in [2.24, 2.45) is 0 Å². The number of aliphatic hydroxyl groups excluding tert-OH is 1. The molecule has 18 heavy (non-hydrogen) atoms. The highest BCUT2D eigenvalue weighted by molar-refractivity contribution is 7.13. The molecule has 1 amide bonds. The van der Waals surface area contributed by atoms with Crippen molar-refractivity contribution in [2.75, 3.05) is 25.0 Å². The van der Waals surface area contributed by atoms with Crippen LogP contribution in [-0.2, 0) is 4.79 Å². The molecule has 6 heteroatoms. The van der Waals surface area contributed by atoms with Gasteiger partial charge >= 0.3 is 0 Å². The van der Waals surface area contributed by atoms with Gasteiger partial charge in [0.05, 0.1) is 13.2 Å². The molecule has 1 fully saturated rings. The van der Waals surface area contributed by atoms with Gasteiger partial charge in [-0.2, -0.15) is 0 Å². The maximum absolute atomic E-state index is 11.9. The number of amides is 1. The van der Waals surface area contributed by atoms with Crippen molar-refractivity contribution in [3.8, 4) is 0 Å². The molecule has 1 aromatic heterocycles. The SMILES string of the molecule is O=C(CN1CCCCCC1CO)Nc1nccs1.